The summed E-state index contributed by atoms with van der Waals surface area (Å²) in [5, 5.41) is 11.7. The number of hydrogen-bond donors (Lipinski definition) is 2. The third-order valence-electron chi connectivity index (χ3n) is 8.14. The van der Waals surface area contributed by atoms with Crippen molar-refractivity contribution in [2.24, 2.45) is 11.8 Å². The fourth-order valence-corrected chi connectivity index (χ4v) is 6.18. The summed E-state index contributed by atoms with van der Waals surface area (Å²) in [4.78, 5) is 23.4. The van der Waals surface area contributed by atoms with E-state index in [2.05, 4.69) is 53.9 Å². The quantitative estimate of drug-likeness (QED) is 0.206. The lowest BCUT2D eigenvalue weighted by atomic mass is 9.69. The number of carbonyl (C=O) groups is 2. The fraction of sp³-hybridized carbons (Fsp3) is 0.333. The van der Waals surface area contributed by atoms with E-state index >= 15 is 0 Å². The second kappa shape index (κ2) is 12.3. The van der Waals surface area contributed by atoms with Crippen LogP contribution in [0.4, 0.5) is 10.5 Å². The van der Waals surface area contributed by atoms with Crippen molar-refractivity contribution in [1.82, 2.24) is 0 Å². The van der Waals surface area contributed by atoms with E-state index in [0.717, 1.165) is 19.3 Å². The second-order valence-electron chi connectivity index (χ2n) is 10.5. The normalized spacial score (nSPS) is 23.6. The molecule has 3 aromatic rings. The molecule has 5 rings (SSSR count). The maximum absolute atomic E-state index is 12.6. The Balaban J connectivity index is 1.32. The van der Waals surface area contributed by atoms with E-state index in [1.807, 2.05) is 48.5 Å². The zero-order valence-corrected chi connectivity index (χ0v) is 22.0. The van der Waals surface area contributed by atoms with Gasteiger partial charge >= 0.3 is 12.1 Å². The summed E-state index contributed by atoms with van der Waals surface area (Å²) in [5.74, 6) is -0.464. The number of nitrogens with one attached hydrogen (secondary N) is 1. The van der Waals surface area contributed by atoms with Crippen molar-refractivity contribution in [2.45, 2.75) is 43.6 Å². The maximum atomic E-state index is 12.6. The van der Waals surface area contributed by atoms with Gasteiger partial charge < -0.3 is 14.6 Å². The molecule has 6 nitrogen and oxygen atoms in total. The van der Waals surface area contributed by atoms with Crippen molar-refractivity contribution < 1.29 is 24.2 Å². The highest BCUT2D eigenvalue weighted by Gasteiger charge is 2.59. The van der Waals surface area contributed by atoms with Gasteiger partial charge in [-0.2, -0.15) is 0 Å². The lowest BCUT2D eigenvalue weighted by Gasteiger charge is -2.39. The number of unbranched alkanes of at least 4 members (excludes halogenated alkanes) is 1. The molecule has 1 aliphatic carbocycles. The minimum atomic E-state index is -0.766. The van der Waals surface area contributed by atoms with Gasteiger partial charge in [-0.15, -0.1) is 0 Å². The predicted molar refractivity (Wildman–Crippen MR) is 152 cm³/mol. The zero-order chi connectivity index (χ0) is 27.1. The van der Waals surface area contributed by atoms with Gasteiger partial charge in [0.05, 0.1) is 19.3 Å². The molecule has 2 fully saturated rings. The highest BCUT2D eigenvalue weighted by molar-refractivity contribution is 5.84. The number of amides is 1. The topological polar surface area (TPSA) is 84.9 Å². The first-order chi connectivity index (χ1) is 19.0. The number of hydrogen-bond acceptors (Lipinski definition) is 4. The van der Waals surface area contributed by atoms with E-state index in [1.54, 1.807) is 0 Å². The van der Waals surface area contributed by atoms with Gasteiger partial charge in [-0.25, -0.2) is 4.79 Å². The van der Waals surface area contributed by atoms with Gasteiger partial charge in [-0.1, -0.05) is 84.9 Å². The number of aliphatic carboxylic acids is 1. The Morgan fingerprint density at radius 1 is 0.949 bits per heavy atom. The van der Waals surface area contributed by atoms with Crippen LogP contribution in [0.5, 0.6) is 0 Å². The largest absolute Gasteiger partial charge is 0.481 e. The molecule has 0 radical (unpaired) electrons. The van der Waals surface area contributed by atoms with E-state index in [9.17, 15) is 9.59 Å². The number of carboxylic acid groups (broad SMARTS) is 1. The van der Waals surface area contributed by atoms with Gasteiger partial charge in [0.25, 0.3) is 0 Å². The monoisotopic (exact) mass is 525 g/mol. The van der Waals surface area contributed by atoms with Gasteiger partial charge in [0.1, 0.15) is 0 Å². The van der Waals surface area contributed by atoms with E-state index < -0.39 is 12.1 Å². The Kier molecular flexibility index (Phi) is 8.42. The van der Waals surface area contributed by atoms with Crippen molar-refractivity contribution in [3.05, 3.63) is 103 Å². The first-order valence-electron chi connectivity index (χ1n) is 13.7. The Labute approximate surface area is 229 Å². The summed E-state index contributed by atoms with van der Waals surface area (Å²) in [6, 6.07) is 28.4. The number of fused-ring (bicyclic) bond motifs is 2. The summed E-state index contributed by atoms with van der Waals surface area (Å²) in [6.45, 7) is 0.928. The molecule has 2 aliphatic rings. The lowest BCUT2D eigenvalue weighted by Crippen LogP contribution is -2.41. The Bertz CT molecular complexity index is 1270. The number of ether oxygens (including phenoxy) is 2. The first-order valence-corrected chi connectivity index (χ1v) is 13.7. The van der Waals surface area contributed by atoms with E-state index in [1.165, 1.54) is 16.7 Å². The smallest absolute Gasteiger partial charge is 0.411 e. The van der Waals surface area contributed by atoms with Gasteiger partial charge in [0.2, 0.25) is 0 Å². The summed E-state index contributed by atoms with van der Waals surface area (Å²) in [5.41, 5.74) is 4.16. The fourth-order valence-electron chi connectivity index (χ4n) is 6.18. The van der Waals surface area contributed by atoms with Crippen molar-refractivity contribution >= 4 is 17.7 Å². The average Bonchev–Trinajstić information content (AvgIpc) is 3.53. The minimum Gasteiger partial charge on any atom is -0.481 e. The number of benzene rings is 3. The molecule has 4 atom stereocenters. The number of carboxylic acids is 1. The summed E-state index contributed by atoms with van der Waals surface area (Å²) in [6.07, 6.45) is 7.06. The van der Waals surface area contributed by atoms with Gasteiger partial charge in [0, 0.05) is 23.4 Å². The molecule has 0 aromatic heterocycles. The summed E-state index contributed by atoms with van der Waals surface area (Å²) < 4.78 is 12.0. The van der Waals surface area contributed by atoms with Gasteiger partial charge in [-0.05, 0) is 60.4 Å². The lowest BCUT2D eigenvalue weighted by molar-refractivity contribution is -0.137. The summed E-state index contributed by atoms with van der Waals surface area (Å²) >= 11 is 0. The van der Waals surface area contributed by atoms with E-state index in [4.69, 9.17) is 14.6 Å². The maximum Gasteiger partial charge on any atom is 0.411 e. The molecular formula is C33H35NO5. The van der Waals surface area contributed by atoms with Crippen LogP contribution in [0.15, 0.2) is 97.1 Å². The molecule has 6 heteroatoms. The molecule has 1 saturated heterocycles. The number of rotatable bonds is 11. The Hall–Kier alpha value is -3.90. The third kappa shape index (κ3) is 6.23. The molecular weight excluding hydrogens is 490 g/mol. The molecule has 1 heterocycles. The van der Waals surface area contributed by atoms with Crippen LogP contribution in [0.1, 0.15) is 37.7 Å². The van der Waals surface area contributed by atoms with E-state index in [-0.39, 0.29) is 36.4 Å². The van der Waals surface area contributed by atoms with Crippen LogP contribution in [0.3, 0.4) is 0 Å². The van der Waals surface area contributed by atoms with Crippen LogP contribution in [-0.2, 0) is 19.7 Å². The molecule has 1 amide bonds. The SMILES string of the molecule is O=C(O)CCC/C=C\C[C@H]1[C@H](COC(=O)Nc2ccccc2)[C@@H]2C[C@@]1(c1ccc(-c3ccccc3)cc1)CO2. The minimum absolute atomic E-state index is 0.0220. The highest BCUT2D eigenvalue weighted by Crippen LogP contribution is 2.56. The number of allylic oxidation sites excluding steroid dienone is 2. The van der Waals surface area contributed by atoms with Crippen LogP contribution in [0.25, 0.3) is 11.1 Å². The van der Waals surface area contributed by atoms with Crippen molar-refractivity contribution in [3.63, 3.8) is 0 Å². The molecule has 3 aromatic carbocycles. The molecule has 0 spiro atoms. The van der Waals surface area contributed by atoms with Crippen molar-refractivity contribution in [1.29, 1.82) is 0 Å². The molecule has 2 N–H and O–H groups in total. The molecule has 39 heavy (non-hydrogen) atoms. The number of anilines is 1. The molecule has 1 aliphatic heterocycles. The number of carbonyl (C=O) groups excluding carboxylic acids is 1. The van der Waals surface area contributed by atoms with Crippen molar-refractivity contribution in [2.75, 3.05) is 18.5 Å². The molecule has 1 saturated carbocycles. The Morgan fingerprint density at radius 3 is 2.36 bits per heavy atom. The molecule has 0 unspecified atom stereocenters. The van der Waals surface area contributed by atoms with Gasteiger partial charge in [-0.3, -0.25) is 10.1 Å². The van der Waals surface area contributed by atoms with Gasteiger partial charge in [0.15, 0.2) is 0 Å². The van der Waals surface area contributed by atoms with Crippen LogP contribution in [0, 0.1) is 11.8 Å². The number of para-hydroxylation sites is 1. The predicted octanol–water partition coefficient (Wildman–Crippen LogP) is 7.08. The molecule has 202 valence electrons. The average molecular weight is 526 g/mol. The van der Waals surface area contributed by atoms with Crippen LogP contribution >= 0.6 is 0 Å². The molecule has 2 bridgehead atoms. The first kappa shape index (κ1) is 26.7. The highest BCUT2D eigenvalue weighted by atomic mass is 16.6. The van der Waals surface area contributed by atoms with Crippen LogP contribution in [-0.4, -0.2) is 36.5 Å². The van der Waals surface area contributed by atoms with Crippen LogP contribution in [0.2, 0.25) is 0 Å². The third-order valence-corrected chi connectivity index (χ3v) is 8.14. The standard InChI is InChI=1S/C33H35NO5/c35-31(36)16-10-2-1-9-15-29-28(22-38-32(37)34-27-13-7-4-8-14-27)30-21-33(29,23-39-30)26-19-17-25(18-20-26)24-11-5-3-6-12-24/h1,3-9,11-14,17-20,28-30H,2,10,15-16,21-23H2,(H,34,37)(H,35,36)/b9-1-/t28-,29-,30-,33-/m0/s1. The van der Waals surface area contributed by atoms with Crippen LogP contribution < -0.4 is 5.32 Å². The summed E-state index contributed by atoms with van der Waals surface area (Å²) in [7, 11) is 0. The Morgan fingerprint density at radius 2 is 1.64 bits per heavy atom. The zero-order valence-electron chi connectivity index (χ0n) is 22.0. The van der Waals surface area contributed by atoms with E-state index in [0.29, 0.717) is 18.7 Å². The van der Waals surface area contributed by atoms with Crippen molar-refractivity contribution in [3.8, 4) is 11.1 Å². The second-order valence-corrected chi connectivity index (χ2v) is 10.5.